The summed E-state index contributed by atoms with van der Waals surface area (Å²) in [5.74, 6) is -2.02. The van der Waals surface area contributed by atoms with Crippen molar-refractivity contribution in [2.45, 2.75) is 29.1 Å². The maximum absolute atomic E-state index is 10.5. The van der Waals surface area contributed by atoms with E-state index in [2.05, 4.69) is 0 Å². The molecule has 9 heteroatoms. The molecule has 3 unspecified atom stereocenters. The van der Waals surface area contributed by atoms with Gasteiger partial charge in [0.15, 0.2) is 0 Å². The molecule has 0 aliphatic heterocycles. The van der Waals surface area contributed by atoms with Crippen molar-refractivity contribution in [1.82, 2.24) is 0 Å². The first-order valence-electron chi connectivity index (χ1n) is 4.11. The molecule has 16 heavy (non-hydrogen) atoms. The van der Waals surface area contributed by atoms with Crippen molar-refractivity contribution in [2.24, 2.45) is 11.5 Å². The van der Waals surface area contributed by atoms with Crippen LogP contribution in [0, 0.1) is 0 Å². The Balaban J connectivity index is 0. The molecule has 0 saturated carbocycles. The second-order valence-corrected chi connectivity index (χ2v) is 10.7. The van der Waals surface area contributed by atoms with Crippen LogP contribution in [0.5, 0.6) is 0 Å². The van der Waals surface area contributed by atoms with Crippen molar-refractivity contribution in [3.05, 3.63) is 0 Å². The van der Waals surface area contributed by atoms with E-state index >= 15 is 0 Å². The van der Waals surface area contributed by atoms with Gasteiger partial charge in [0.05, 0.1) is 0 Å². The van der Waals surface area contributed by atoms with Crippen molar-refractivity contribution in [3.63, 3.8) is 0 Å². The summed E-state index contributed by atoms with van der Waals surface area (Å²) in [4.78, 5) is 20.8. The number of carbonyl (C=O) groups is 2. The van der Waals surface area contributed by atoms with Crippen molar-refractivity contribution in [1.29, 1.82) is 0 Å². The Morgan fingerprint density at radius 3 is 2.12 bits per heavy atom. The fourth-order valence-corrected chi connectivity index (χ4v) is 8.37. The van der Waals surface area contributed by atoms with Gasteiger partial charge >= 0.3 is 116 Å². The summed E-state index contributed by atoms with van der Waals surface area (Å²) in [7, 11) is 0. The van der Waals surface area contributed by atoms with E-state index in [0.29, 0.717) is 5.32 Å². The molecule has 0 amide bonds. The first kappa shape index (κ1) is 18.8. The van der Waals surface area contributed by atoms with Crippen LogP contribution >= 0.6 is 0 Å². The molecule has 0 aromatic heterocycles. The Kier molecular flexibility index (Phi) is 11.1. The number of hydrogen-bond donors (Lipinski definition) is 4. The van der Waals surface area contributed by atoms with Gasteiger partial charge in [-0.2, -0.15) is 0 Å². The van der Waals surface area contributed by atoms with Gasteiger partial charge in [0, 0.05) is 0 Å². The van der Waals surface area contributed by atoms with Gasteiger partial charge in [-0.1, -0.05) is 0 Å². The molecule has 0 spiro atoms. The van der Waals surface area contributed by atoms with E-state index < -0.39 is 24.0 Å². The van der Waals surface area contributed by atoms with Gasteiger partial charge in [0.25, 0.3) is 0 Å². The third-order valence-corrected chi connectivity index (χ3v) is 10.4. The van der Waals surface area contributed by atoms with Gasteiger partial charge in [-0.05, 0) is 0 Å². The molecule has 0 radical (unpaired) electrons. The molecular weight excluding hydrogens is 413 g/mol. The summed E-state index contributed by atoms with van der Waals surface area (Å²) in [5.41, 5.74) is 10.7. The Bertz CT molecular complexity index is 242. The molecule has 0 heterocycles. The van der Waals surface area contributed by atoms with Gasteiger partial charge in [0.2, 0.25) is 0 Å². The Morgan fingerprint density at radius 1 is 1.25 bits per heavy atom. The number of carboxylic acids is 2. The molecule has 0 aliphatic carbocycles. The normalized spacial score (nSPS) is 15.7. The minimum atomic E-state index is -1.01. The van der Waals surface area contributed by atoms with Crippen LogP contribution in [0.4, 0.5) is 0 Å². The zero-order valence-corrected chi connectivity index (χ0v) is 14.1. The van der Waals surface area contributed by atoms with Crippen LogP contribution in [0.25, 0.3) is 0 Å². The summed E-state index contributed by atoms with van der Waals surface area (Å²) in [6.45, 7) is 1.77. The van der Waals surface area contributed by atoms with E-state index in [0.717, 1.165) is 0 Å². The van der Waals surface area contributed by atoms with E-state index in [4.69, 9.17) is 21.7 Å². The van der Waals surface area contributed by atoms with Crippen LogP contribution in [0.15, 0.2) is 0 Å². The molecule has 6 nitrogen and oxygen atoms in total. The molecule has 0 saturated heterocycles. The standard InChI is InChI=1S/C7H14N2O4Se2.H2Se/c1-3(5(9)7(12)13)15-14-2-4(8)6(10)11;/h3-5H,2,8-9H2,1H3,(H,10,11)(H,12,13);1H2. The van der Waals surface area contributed by atoms with Crippen LogP contribution in [-0.4, -0.2) is 77.6 Å². The van der Waals surface area contributed by atoms with Crippen molar-refractivity contribution in [3.8, 4) is 0 Å². The molecule has 0 aromatic rings. The topological polar surface area (TPSA) is 127 Å². The van der Waals surface area contributed by atoms with Gasteiger partial charge in [-0.15, -0.1) is 0 Å². The predicted molar refractivity (Wildman–Crippen MR) is 65.5 cm³/mol. The molecule has 0 aromatic carbocycles. The Labute approximate surface area is 115 Å². The van der Waals surface area contributed by atoms with E-state index in [-0.39, 0.29) is 48.1 Å². The van der Waals surface area contributed by atoms with Crippen LogP contribution in [-0.2, 0) is 9.59 Å². The molecule has 0 bridgehead atoms. The first-order valence-corrected chi connectivity index (χ1v) is 10.6. The quantitative estimate of drug-likeness (QED) is 0.330. The predicted octanol–water partition coefficient (Wildman–Crippen LogP) is -2.56. The molecular formula is C7H16N2O4Se3. The van der Waals surface area contributed by atoms with Crippen LogP contribution in [0.2, 0.25) is 10.1 Å². The monoisotopic (exact) mass is 432 g/mol. The third-order valence-electron chi connectivity index (χ3n) is 1.58. The molecule has 0 aliphatic rings. The van der Waals surface area contributed by atoms with Gasteiger partial charge < -0.3 is 0 Å². The zero-order valence-electron chi connectivity index (χ0n) is 8.62. The second kappa shape index (κ2) is 9.45. The Morgan fingerprint density at radius 2 is 1.75 bits per heavy atom. The van der Waals surface area contributed by atoms with Crippen LogP contribution < -0.4 is 11.5 Å². The SMILES string of the molecule is CC([Se][Se]CC(N)C(=O)O)C(N)C(=O)O.[SeH2]. The number of aliphatic carboxylic acids is 2. The number of hydrogen-bond acceptors (Lipinski definition) is 4. The zero-order chi connectivity index (χ0) is 12.0. The maximum atomic E-state index is 10.5. The van der Waals surface area contributed by atoms with Crippen molar-refractivity contribution < 1.29 is 19.8 Å². The third kappa shape index (κ3) is 7.65. The van der Waals surface area contributed by atoms with Crippen LogP contribution in [0.3, 0.4) is 0 Å². The average Bonchev–Trinajstić information content (AvgIpc) is 2.15. The van der Waals surface area contributed by atoms with Crippen molar-refractivity contribution in [2.75, 3.05) is 0 Å². The number of nitrogens with two attached hydrogens (primary N) is 2. The molecule has 0 fully saturated rings. The summed E-state index contributed by atoms with van der Waals surface area (Å²) >= 11 is 0.148. The summed E-state index contributed by atoms with van der Waals surface area (Å²) < 4.78 is 0. The summed E-state index contributed by atoms with van der Waals surface area (Å²) in [6.07, 6.45) is 0. The van der Waals surface area contributed by atoms with Crippen LogP contribution in [0.1, 0.15) is 6.92 Å². The summed E-state index contributed by atoms with van der Waals surface area (Å²) in [6, 6.07) is -1.69. The Hall–Kier alpha value is 0.418. The number of rotatable bonds is 7. The average molecular weight is 429 g/mol. The van der Waals surface area contributed by atoms with E-state index in [1.807, 2.05) is 0 Å². The molecule has 3 atom stereocenters. The fourth-order valence-electron chi connectivity index (χ4n) is 0.552. The molecule has 0 rings (SSSR count). The second-order valence-electron chi connectivity index (χ2n) is 2.89. The first-order chi connectivity index (χ1) is 6.86. The van der Waals surface area contributed by atoms with Gasteiger partial charge in [-0.3, -0.25) is 0 Å². The molecule has 96 valence electrons. The minimum absolute atomic E-state index is 0. The van der Waals surface area contributed by atoms with E-state index in [1.54, 1.807) is 6.92 Å². The van der Waals surface area contributed by atoms with E-state index in [9.17, 15) is 9.59 Å². The van der Waals surface area contributed by atoms with Gasteiger partial charge in [-0.25, -0.2) is 0 Å². The number of carboxylic acid groups (broad SMARTS) is 2. The van der Waals surface area contributed by atoms with E-state index in [1.165, 1.54) is 0 Å². The van der Waals surface area contributed by atoms with Gasteiger partial charge in [0.1, 0.15) is 0 Å². The van der Waals surface area contributed by atoms with Crippen molar-refractivity contribution >= 4 is 55.3 Å². The summed E-state index contributed by atoms with van der Waals surface area (Å²) in [5, 5.41) is 17.6. The molecule has 6 N–H and O–H groups in total. The fraction of sp³-hybridized carbons (Fsp3) is 0.714.